The van der Waals surface area contributed by atoms with Crippen LogP contribution in [0.15, 0.2) is 48.6 Å². The second kappa shape index (κ2) is 3.88. The minimum absolute atomic E-state index is 0.264. The topological polar surface area (TPSA) is 46.6 Å². The molecule has 0 amide bonds. The van der Waals surface area contributed by atoms with Gasteiger partial charge in [-0.3, -0.25) is 4.31 Å². The molecule has 1 aliphatic heterocycles. The first kappa shape index (κ1) is 11.3. The van der Waals surface area contributed by atoms with Gasteiger partial charge in [0.1, 0.15) is 17.9 Å². The van der Waals surface area contributed by atoms with E-state index in [0.717, 1.165) is 0 Å². The number of anilines is 1. The normalized spacial score (nSPS) is 25.3. The van der Waals surface area contributed by atoms with Gasteiger partial charge in [-0.2, -0.15) is 0 Å². The monoisotopic (exact) mass is 263 g/mol. The third-order valence-electron chi connectivity index (χ3n) is 3.05. The Kier molecular flexibility index (Phi) is 2.45. The summed E-state index contributed by atoms with van der Waals surface area (Å²) in [5.41, 5.74) is 0.598. The van der Waals surface area contributed by atoms with Crippen molar-refractivity contribution >= 4 is 15.7 Å². The Morgan fingerprint density at radius 2 is 1.89 bits per heavy atom. The summed E-state index contributed by atoms with van der Waals surface area (Å²) in [5.74, 6) is 0.601. The summed E-state index contributed by atoms with van der Waals surface area (Å²) in [6.45, 7) is 0. The van der Waals surface area contributed by atoms with Gasteiger partial charge < -0.3 is 4.74 Å². The molecule has 18 heavy (non-hydrogen) atoms. The van der Waals surface area contributed by atoms with Crippen molar-refractivity contribution in [2.75, 3.05) is 10.6 Å². The molecule has 2 atom stereocenters. The third kappa shape index (κ3) is 1.71. The second-order valence-corrected chi connectivity index (χ2v) is 6.23. The van der Waals surface area contributed by atoms with E-state index in [4.69, 9.17) is 4.74 Å². The van der Waals surface area contributed by atoms with Crippen LogP contribution in [0.3, 0.4) is 0 Å². The van der Waals surface area contributed by atoms with E-state index in [1.807, 2.05) is 36.4 Å². The predicted octanol–water partition coefficient (Wildman–Crippen LogP) is 1.71. The van der Waals surface area contributed by atoms with Crippen molar-refractivity contribution in [1.82, 2.24) is 0 Å². The van der Waals surface area contributed by atoms with Crippen molar-refractivity contribution in [1.29, 1.82) is 0 Å². The fourth-order valence-electron chi connectivity index (χ4n) is 2.34. The van der Waals surface area contributed by atoms with Gasteiger partial charge >= 0.3 is 0 Å². The molecule has 0 saturated carbocycles. The maximum Gasteiger partial charge on any atom is 0.233 e. The molecule has 2 unspecified atom stereocenters. The maximum absolute atomic E-state index is 12.0. The van der Waals surface area contributed by atoms with Crippen molar-refractivity contribution in [3.05, 3.63) is 48.6 Å². The molecule has 3 rings (SSSR count). The standard InChI is InChI=1S/C13H13NO3S/c1-18(15,16)14-10-6-2-4-8-12(10)17-13-9-5-3-7-11(13)14/h2-10,12H,1H3. The number of benzene rings is 1. The number of para-hydroxylation sites is 2. The molecule has 0 saturated heterocycles. The molecule has 5 heteroatoms. The molecule has 94 valence electrons. The Balaban J connectivity index is 2.19. The molecule has 0 spiro atoms. The molecule has 0 radical (unpaired) electrons. The summed E-state index contributed by atoms with van der Waals surface area (Å²) >= 11 is 0. The zero-order valence-corrected chi connectivity index (χ0v) is 10.7. The molecule has 1 aliphatic carbocycles. The molecule has 1 heterocycles. The van der Waals surface area contributed by atoms with Crippen molar-refractivity contribution in [3.63, 3.8) is 0 Å². The Labute approximate surface area is 106 Å². The first-order chi connectivity index (χ1) is 8.57. The molecule has 4 nitrogen and oxygen atoms in total. The largest absolute Gasteiger partial charge is 0.482 e. The summed E-state index contributed by atoms with van der Waals surface area (Å²) in [4.78, 5) is 0. The van der Waals surface area contributed by atoms with Gasteiger partial charge in [0.05, 0.1) is 11.9 Å². The SMILES string of the molecule is CS(=O)(=O)N1c2ccccc2OC2C=CC=CC21. The van der Waals surface area contributed by atoms with Crippen LogP contribution in [0.2, 0.25) is 0 Å². The number of hydrogen-bond donors (Lipinski definition) is 0. The molecule has 1 aromatic rings. The van der Waals surface area contributed by atoms with E-state index in [0.29, 0.717) is 11.4 Å². The maximum atomic E-state index is 12.0. The van der Waals surface area contributed by atoms with E-state index in [-0.39, 0.29) is 12.1 Å². The van der Waals surface area contributed by atoms with Crippen LogP contribution in [0.5, 0.6) is 5.75 Å². The summed E-state index contributed by atoms with van der Waals surface area (Å²) in [7, 11) is -3.34. The Morgan fingerprint density at radius 1 is 1.17 bits per heavy atom. The van der Waals surface area contributed by atoms with Crippen molar-refractivity contribution in [2.24, 2.45) is 0 Å². The van der Waals surface area contributed by atoms with Gasteiger partial charge in [-0.25, -0.2) is 8.42 Å². The van der Waals surface area contributed by atoms with Crippen LogP contribution in [-0.4, -0.2) is 26.8 Å². The number of rotatable bonds is 1. The van der Waals surface area contributed by atoms with E-state index in [1.165, 1.54) is 10.6 Å². The van der Waals surface area contributed by atoms with Crippen LogP contribution in [0.4, 0.5) is 5.69 Å². The van der Waals surface area contributed by atoms with Gasteiger partial charge in [0.2, 0.25) is 10.0 Å². The lowest BCUT2D eigenvalue weighted by Gasteiger charge is -2.40. The predicted molar refractivity (Wildman–Crippen MR) is 70.2 cm³/mol. The number of hydrogen-bond acceptors (Lipinski definition) is 3. The molecule has 0 N–H and O–H groups in total. The summed E-state index contributed by atoms with van der Waals surface area (Å²) in [6.07, 6.45) is 8.39. The molecule has 0 bridgehead atoms. The molecule has 0 aromatic heterocycles. The number of fused-ring (bicyclic) bond motifs is 2. The van der Waals surface area contributed by atoms with Crippen molar-refractivity contribution < 1.29 is 13.2 Å². The number of sulfonamides is 1. The fourth-order valence-corrected chi connectivity index (χ4v) is 3.48. The molecule has 1 aromatic carbocycles. The lowest BCUT2D eigenvalue weighted by Crippen LogP contribution is -2.50. The smallest absolute Gasteiger partial charge is 0.233 e. The summed E-state index contributed by atoms with van der Waals surface area (Å²) < 4.78 is 31.3. The summed E-state index contributed by atoms with van der Waals surface area (Å²) in [6, 6.07) is 6.89. The number of nitrogens with zero attached hydrogens (tertiary/aromatic N) is 1. The first-order valence-electron chi connectivity index (χ1n) is 5.67. The second-order valence-electron chi connectivity index (χ2n) is 4.37. The lowest BCUT2D eigenvalue weighted by molar-refractivity contribution is 0.220. The zero-order chi connectivity index (χ0) is 12.8. The van der Waals surface area contributed by atoms with Crippen LogP contribution >= 0.6 is 0 Å². The molecular formula is C13H13NO3S. The fraction of sp³-hybridized carbons (Fsp3) is 0.231. The van der Waals surface area contributed by atoms with Crippen molar-refractivity contribution in [2.45, 2.75) is 12.1 Å². The van der Waals surface area contributed by atoms with Gasteiger partial charge in [0.25, 0.3) is 0 Å². The first-order valence-corrected chi connectivity index (χ1v) is 7.52. The van der Waals surface area contributed by atoms with Gasteiger partial charge in [0, 0.05) is 0 Å². The highest BCUT2D eigenvalue weighted by atomic mass is 32.2. The molecule has 2 aliphatic rings. The van der Waals surface area contributed by atoms with Crippen molar-refractivity contribution in [3.8, 4) is 5.75 Å². The van der Waals surface area contributed by atoms with Gasteiger partial charge in [-0.1, -0.05) is 30.4 Å². The van der Waals surface area contributed by atoms with E-state index in [2.05, 4.69) is 0 Å². The summed E-state index contributed by atoms with van der Waals surface area (Å²) in [5, 5.41) is 0. The zero-order valence-electron chi connectivity index (χ0n) is 9.85. The third-order valence-corrected chi connectivity index (χ3v) is 4.21. The highest BCUT2D eigenvalue weighted by molar-refractivity contribution is 7.92. The van der Waals surface area contributed by atoms with Crippen LogP contribution in [-0.2, 0) is 10.0 Å². The quantitative estimate of drug-likeness (QED) is 0.775. The minimum atomic E-state index is -3.34. The average molecular weight is 263 g/mol. The molecule has 0 fully saturated rings. The molecular weight excluding hydrogens is 250 g/mol. The Morgan fingerprint density at radius 3 is 2.67 bits per heavy atom. The van der Waals surface area contributed by atoms with E-state index in [9.17, 15) is 8.42 Å². The lowest BCUT2D eigenvalue weighted by atomic mass is 10.0. The highest BCUT2D eigenvalue weighted by Gasteiger charge is 2.38. The van der Waals surface area contributed by atoms with E-state index < -0.39 is 10.0 Å². The minimum Gasteiger partial charge on any atom is -0.482 e. The van der Waals surface area contributed by atoms with Crippen LogP contribution in [0.1, 0.15) is 0 Å². The average Bonchev–Trinajstić information content (AvgIpc) is 2.34. The van der Waals surface area contributed by atoms with Crippen LogP contribution < -0.4 is 9.04 Å². The van der Waals surface area contributed by atoms with Gasteiger partial charge in [-0.15, -0.1) is 0 Å². The van der Waals surface area contributed by atoms with Crippen LogP contribution in [0, 0.1) is 0 Å². The Hall–Kier alpha value is -1.75. The number of ether oxygens (including phenoxy) is 1. The number of allylic oxidation sites excluding steroid dienone is 2. The van der Waals surface area contributed by atoms with Crippen LogP contribution in [0.25, 0.3) is 0 Å². The van der Waals surface area contributed by atoms with E-state index in [1.54, 1.807) is 12.1 Å². The van der Waals surface area contributed by atoms with E-state index >= 15 is 0 Å². The highest BCUT2D eigenvalue weighted by Crippen LogP contribution is 2.39. The Bertz CT molecular complexity index is 633. The van der Waals surface area contributed by atoms with Gasteiger partial charge in [-0.05, 0) is 18.2 Å². The van der Waals surface area contributed by atoms with Gasteiger partial charge in [0.15, 0.2) is 0 Å².